The van der Waals surface area contributed by atoms with Crippen LogP contribution in [0.1, 0.15) is 75.7 Å². The molecule has 1 aliphatic rings. The summed E-state index contributed by atoms with van der Waals surface area (Å²) >= 11 is 1.86. The third-order valence-electron chi connectivity index (χ3n) is 4.78. The molecule has 1 aliphatic carbocycles. The summed E-state index contributed by atoms with van der Waals surface area (Å²) in [7, 11) is 0. The highest BCUT2D eigenvalue weighted by Gasteiger charge is 2.31. The van der Waals surface area contributed by atoms with Gasteiger partial charge in [0.15, 0.2) is 0 Å². The molecule has 0 saturated heterocycles. The first-order chi connectivity index (χ1) is 10.0. The molecule has 120 valence electrons. The summed E-state index contributed by atoms with van der Waals surface area (Å²) < 4.78 is 0. The second kappa shape index (κ2) is 7.68. The van der Waals surface area contributed by atoms with Crippen molar-refractivity contribution >= 4 is 11.3 Å². The summed E-state index contributed by atoms with van der Waals surface area (Å²) in [6, 6.07) is 0. The van der Waals surface area contributed by atoms with Crippen LogP contribution in [0.2, 0.25) is 0 Å². The topological polar surface area (TPSA) is 37.8 Å². The van der Waals surface area contributed by atoms with Gasteiger partial charge >= 0.3 is 0 Å². The lowest BCUT2D eigenvalue weighted by Gasteiger charge is -2.36. The van der Waals surface area contributed by atoms with Crippen LogP contribution in [0.15, 0.2) is 0 Å². The average molecular weight is 310 g/mol. The van der Waals surface area contributed by atoms with Crippen molar-refractivity contribution < 1.29 is 0 Å². The van der Waals surface area contributed by atoms with Crippen LogP contribution >= 0.6 is 11.3 Å². The van der Waals surface area contributed by atoms with Gasteiger partial charge in [0.1, 0.15) is 10.0 Å². The smallest absolute Gasteiger partial charge is 0.120 e. The molecule has 1 aromatic rings. The standard InChI is InChI=1S/C17H31N3S/c1-5-18-12-6-7-15-19-20-16(21-15)13-8-10-14(11-9-13)17(2,3)4/h13-14,18H,5-12H2,1-4H3. The predicted molar refractivity (Wildman–Crippen MR) is 90.9 cm³/mol. The number of nitrogens with zero attached hydrogens (tertiary/aromatic N) is 2. The lowest BCUT2D eigenvalue weighted by Crippen LogP contribution is -2.25. The predicted octanol–water partition coefficient (Wildman–Crippen LogP) is 4.40. The van der Waals surface area contributed by atoms with Gasteiger partial charge in [-0.3, -0.25) is 0 Å². The van der Waals surface area contributed by atoms with Crippen LogP contribution in [0, 0.1) is 11.3 Å². The molecule has 0 unspecified atom stereocenters. The van der Waals surface area contributed by atoms with E-state index in [9.17, 15) is 0 Å². The summed E-state index contributed by atoms with van der Waals surface area (Å²) in [5, 5.41) is 14.8. The minimum absolute atomic E-state index is 0.462. The van der Waals surface area contributed by atoms with Gasteiger partial charge in [0.05, 0.1) is 0 Å². The van der Waals surface area contributed by atoms with Crippen LogP contribution in [0.4, 0.5) is 0 Å². The Morgan fingerprint density at radius 2 is 1.86 bits per heavy atom. The fourth-order valence-corrected chi connectivity index (χ4v) is 4.33. The second-order valence-electron chi connectivity index (χ2n) is 7.41. The van der Waals surface area contributed by atoms with Gasteiger partial charge in [0, 0.05) is 12.3 Å². The van der Waals surface area contributed by atoms with Crippen molar-refractivity contribution in [3.63, 3.8) is 0 Å². The zero-order valence-electron chi connectivity index (χ0n) is 14.1. The van der Waals surface area contributed by atoms with Crippen LogP contribution in [0.5, 0.6) is 0 Å². The molecule has 0 aliphatic heterocycles. The Balaban J connectivity index is 1.80. The summed E-state index contributed by atoms with van der Waals surface area (Å²) in [5.41, 5.74) is 0.462. The van der Waals surface area contributed by atoms with E-state index in [2.05, 4.69) is 43.2 Å². The number of nitrogens with one attached hydrogen (secondary N) is 1. The van der Waals surface area contributed by atoms with Gasteiger partial charge in [-0.2, -0.15) is 0 Å². The summed E-state index contributed by atoms with van der Waals surface area (Å²) in [5.74, 6) is 1.55. The van der Waals surface area contributed by atoms with E-state index in [0.717, 1.165) is 25.4 Å². The van der Waals surface area contributed by atoms with Crippen LogP contribution in [0.3, 0.4) is 0 Å². The molecule has 4 heteroatoms. The monoisotopic (exact) mass is 309 g/mol. The second-order valence-corrected chi connectivity index (χ2v) is 8.50. The first-order valence-electron chi connectivity index (χ1n) is 8.53. The van der Waals surface area contributed by atoms with Crippen LogP contribution in [-0.4, -0.2) is 23.3 Å². The van der Waals surface area contributed by atoms with E-state index in [0.29, 0.717) is 11.3 Å². The van der Waals surface area contributed by atoms with Gasteiger partial charge in [0.2, 0.25) is 0 Å². The van der Waals surface area contributed by atoms with Gasteiger partial charge in [0.25, 0.3) is 0 Å². The molecule has 0 radical (unpaired) electrons. The normalized spacial score (nSPS) is 23.4. The molecule has 1 fully saturated rings. The van der Waals surface area contributed by atoms with Crippen molar-refractivity contribution in [2.45, 2.75) is 72.1 Å². The molecule has 1 aromatic heterocycles. The Bertz CT molecular complexity index is 414. The van der Waals surface area contributed by atoms with E-state index in [1.807, 2.05) is 11.3 Å². The van der Waals surface area contributed by atoms with Crippen molar-refractivity contribution in [2.75, 3.05) is 13.1 Å². The van der Waals surface area contributed by atoms with Gasteiger partial charge in [-0.1, -0.05) is 27.7 Å². The highest BCUT2D eigenvalue weighted by molar-refractivity contribution is 7.11. The van der Waals surface area contributed by atoms with E-state index in [1.165, 1.54) is 42.1 Å². The minimum Gasteiger partial charge on any atom is -0.317 e. The van der Waals surface area contributed by atoms with Gasteiger partial charge < -0.3 is 5.32 Å². The largest absolute Gasteiger partial charge is 0.317 e. The summed E-state index contributed by atoms with van der Waals surface area (Å²) in [6.07, 6.45) is 7.54. The van der Waals surface area contributed by atoms with E-state index in [4.69, 9.17) is 0 Å². The SMILES string of the molecule is CCNCCCc1nnc(C2CCC(C(C)(C)C)CC2)s1. The van der Waals surface area contributed by atoms with E-state index >= 15 is 0 Å². The van der Waals surface area contributed by atoms with Crippen LogP contribution in [0.25, 0.3) is 0 Å². The molecule has 2 rings (SSSR count). The molecular weight excluding hydrogens is 278 g/mol. The van der Waals surface area contributed by atoms with Crippen molar-refractivity contribution in [1.82, 2.24) is 15.5 Å². The van der Waals surface area contributed by atoms with Crippen molar-refractivity contribution in [1.29, 1.82) is 0 Å². The number of aromatic nitrogens is 2. The molecule has 21 heavy (non-hydrogen) atoms. The maximum Gasteiger partial charge on any atom is 0.120 e. The highest BCUT2D eigenvalue weighted by Crippen LogP contribution is 2.43. The van der Waals surface area contributed by atoms with E-state index < -0.39 is 0 Å². The molecule has 0 atom stereocenters. The van der Waals surface area contributed by atoms with Gasteiger partial charge in [-0.05, 0) is 56.5 Å². The quantitative estimate of drug-likeness (QED) is 0.791. The van der Waals surface area contributed by atoms with Gasteiger partial charge in [-0.25, -0.2) is 0 Å². The van der Waals surface area contributed by atoms with Crippen LogP contribution < -0.4 is 5.32 Å². The number of aryl methyl sites for hydroxylation is 1. The Kier molecular flexibility index (Phi) is 6.18. The zero-order chi connectivity index (χ0) is 15.3. The van der Waals surface area contributed by atoms with Gasteiger partial charge in [-0.15, -0.1) is 21.5 Å². The van der Waals surface area contributed by atoms with E-state index in [-0.39, 0.29) is 0 Å². The molecule has 0 spiro atoms. The van der Waals surface area contributed by atoms with Crippen molar-refractivity contribution in [2.24, 2.45) is 11.3 Å². The molecule has 0 bridgehead atoms. The first kappa shape index (κ1) is 16.9. The van der Waals surface area contributed by atoms with E-state index in [1.54, 1.807) is 0 Å². The Hall–Kier alpha value is -0.480. The van der Waals surface area contributed by atoms with Crippen LogP contribution in [-0.2, 0) is 6.42 Å². The maximum absolute atomic E-state index is 4.47. The molecule has 3 nitrogen and oxygen atoms in total. The highest BCUT2D eigenvalue weighted by atomic mass is 32.1. The summed E-state index contributed by atoms with van der Waals surface area (Å²) in [6.45, 7) is 11.4. The third kappa shape index (κ3) is 5.03. The number of rotatable bonds is 6. The fraction of sp³-hybridized carbons (Fsp3) is 0.882. The molecule has 0 aromatic carbocycles. The van der Waals surface area contributed by atoms with Crippen molar-refractivity contribution in [3.8, 4) is 0 Å². The molecule has 1 heterocycles. The minimum atomic E-state index is 0.462. The zero-order valence-corrected chi connectivity index (χ0v) is 14.9. The Morgan fingerprint density at radius 1 is 1.14 bits per heavy atom. The Morgan fingerprint density at radius 3 is 2.48 bits per heavy atom. The lowest BCUT2D eigenvalue weighted by molar-refractivity contribution is 0.169. The molecule has 1 saturated carbocycles. The molecule has 1 N–H and O–H groups in total. The molecule has 0 amide bonds. The third-order valence-corrected chi connectivity index (χ3v) is 5.92. The fourth-order valence-electron chi connectivity index (χ4n) is 3.28. The summed E-state index contributed by atoms with van der Waals surface area (Å²) in [4.78, 5) is 0. The average Bonchev–Trinajstić information content (AvgIpc) is 2.92. The maximum atomic E-state index is 4.47. The first-order valence-corrected chi connectivity index (χ1v) is 9.35. The number of hydrogen-bond acceptors (Lipinski definition) is 4. The lowest BCUT2D eigenvalue weighted by atomic mass is 9.70. The molecular formula is C17H31N3S. The number of hydrogen-bond donors (Lipinski definition) is 1. The Labute approximate surface area is 133 Å². The van der Waals surface area contributed by atoms with Crippen molar-refractivity contribution in [3.05, 3.63) is 10.0 Å².